The lowest BCUT2D eigenvalue weighted by Crippen LogP contribution is -2.16. The first-order valence-electron chi connectivity index (χ1n) is 7.74. The fraction of sp³-hybridized carbons (Fsp3) is 0.444. The molecule has 0 radical (unpaired) electrons. The summed E-state index contributed by atoms with van der Waals surface area (Å²) >= 11 is 1.93. The van der Waals surface area contributed by atoms with Crippen molar-refractivity contribution in [2.75, 3.05) is 7.05 Å². The first-order chi connectivity index (χ1) is 10.2. The molecule has 1 aromatic heterocycles. The largest absolute Gasteiger partial charge is 0.309 e. The lowest BCUT2D eigenvalue weighted by atomic mass is 10.0. The fourth-order valence-electron chi connectivity index (χ4n) is 3.15. The molecule has 1 aliphatic rings. The molecular weight excluding hydrogens is 281 g/mol. The van der Waals surface area contributed by atoms with Crippen LogP contribution >= 0.6 is 11.3 Å². The summed E-state index contributed by atoms with van der Waals surface area (Å²) in [4.78, 5) is 2.91. The van der Waals surface area contributed by atoms with Crippen LogP contribution in [-0.4, -0.2) is 7.05 Å². The van der Waals surface area contributed by atoms with E-state index in [1.165, 1.54) is 42.5 Å². The number of hydrogen-bond acceptors (Lipinski definition) is 2. The standard InChI is InChI=1S/C18H22FNS/c1-12-10-14(8-9-15(12)19)18(20-2)17-11-13-6-4-3-5-7-16(13)21-17/h8-11,18,20H,3-7H2,1-2H3. The Kier molecular flexibility index (Phi) is 4.41. The SMILES string of the molecule is CNC(c1ccc(F)c(C)c1)c1cc2c(s1)CCCCC2. The van der Waals surface area contributed by atoms with Gasteiger partial charge in [0, 0.05) is 9.75 Å². The Morgan fingerprint density at radius 1 is 1.14 bits per heavy atom. The van der Waals surface area contributed by atoms with E-state index in [-0.39, 0.29) is 11.9 Å². The molecule has 0 saturated carbocycles. The molecule has 1 N–H and O–H groups in total. The molecule has 0 saturated heterocycles. The summed E-state index contributed by atoms with van der Waals surface area (Å²) in [5.41, 5.74) is 3.39. The minimum absolute atomic E-state index is 0.129. The van der Waals surface area contributed by atoms with Crippen molar-refractivity contribution in [1.29, 1.82) is 0 Å². The van der Waals surface area contributed by atoms with E-state index in [0.717, 1.165) is 5.56 Å². The van der Waals surface area contributed by atoms with Crippen molar-refractivity contribution in [3.8, 4) is 0 Å². The molecule has 3 heteroatoms. The summed E-state index contributed by atoms with van der Waals surface area (Å²) in [6, 6.07) is 7.97. The van der Waals surface area contributed by atoms with Crippen LogP contribution in [0.3, 0.4) is 0 Å². The average Bonchev–Trinajstić information content (AvgIpc) is 2.74. The van der Waals surface area contributed by atoms with Gasteiger partial charge in [-0.1, -0.05) is 18.6 Å². The zero-order chi connectivity index (χ0) is 14.8. The smallest absolute Gasteiger partial charge is 0.126 e. The van der Waals surface area contributed by atoms with E-state index in [4.69, 9.17) is 0 Å². The summed E-state index contributed by atoms with van der Waals surface area (Å²) in [6.07, 6.45) is 6.41. The fourth-order valence-corrected chi connectivity index (χ4v) is 4.55. The molecule has 1 aliphatic carbocycles. The zero-order valence-electron chi connectivity index (χ0n) is 12.7. The third kappa shape index (κ3) is 3.04. The highest BCUT2D eigenvalue weighted by atomic mass is 32.1. The van der Waals surface area contributed by atoms with Gasteiger partial charge in [-0.05, 0) is 68.5 Å². The van der Waals surface area contributed by atoms with Gasteiger partial charge in [-0.15, -0.1) is 11.3 Å². The first kappa shape index (κ1) is 14.7. The molecule has 0 aliphatic heterocycles. The molecule has 2 aromatic rings. The van der Waals surface area contributed by atoms with Gasteiger partial charge in [0.15, 0.2) is 0 Å². The van der Waals surface area contributed by atoms with E-state index in [9.17, 15) is 4.39 Å². The number of rotatable bonds is 3. The second kappa shape index (κ2) is 6.29. The molecule has 21 heavy (non-hydrogen) atoms. The number of nitrogens with one attached hydrogen (secondary N) is 1. The Hall–Kier alpha value is -1.19. The van der Waals surface area contributed by atoms with Crippen LogP contribution in [0.2, 0.25) is 0 Å². The van der Waals surface area contributed by atoms with Crippen LogP contribution in [-0.2, 0) is 12.8 Å². The topological polar surface area (TPSA) is 12.0 Å². The molecule has 1 nitrogen and oxygen atoms in total. The normalized spacial score (nSPS) is 16.3. The van der Waals surface area contributed by atoms with Gasteiger partial charge in [0.1, 0.15) is 5.82 Å². The molecule has 112 valence electrons. The van der Waals surface area contributed by atoms with Gasteiger partial charge in [-0.3, -0.25) is 0 Å². The molecule has 0 amide bonds. The van der Waals surface area contributed by atoms with Gasteiger partial charge in [-0.2, -0.15) is 0 Å². The minimum Gasteiger partial charge on any atom is -0.309 e. The van der Waals surface area contributed by atoms with Crippen LogP contribution in [0.25, 0.3) is 0 Å². The Balaban J connectivity index is 1.94. The molecule has 0 fully saturated rings. The maximum Gasteiger partial charge on any atom is 0.126 e. The monoisotopic (exact) mass is 303 g/mol. The van der Waals surface area contributed by atoms with E-state index < -0.39 is 0 Å². The van der Waals surface area contributed by atoms with E-state index in [0.29, 0.717) is 5.56 Å². The number of fused-ring (bicyclic) bond motifs is 1. The number of hydrogen-bond donors (Lipinski definition) is 1. The highest BCUT2D eigenvalue weighted by Crippen LogP contribution is 2.35. The van der Waals surface area contributed by atoms with Crippen molar-refractivity contribution in [3.63, 3.8) is 0 Å². The second-order valence-electron chi connectivity index (χ2n) is 5.89. The summed E-state index contributed by atoms with van der Waals surface area (Å²) in [5, 5.41) is 3.39. The number of aryl methyl sites for hydroxylation is 3. The Morgan fingerprint density at radius 3 is 2.71 bits per heavy atom. The Morgan fingerprint density at radius 2 is 1.95 bits per heavy atom. The Bertz CT molecular complexity index is 609. The van der Waals surface area contributed by atoms with Crippen molar-refractivity contribution in [2.45, 2.75) is 45.1 Å². The zero-order valence-corrected chi connectivity index (χ0v) is 13.5. The predicted molar refractivity (Wildman–Crippen MR) is 87.6 cm³/mol. The van der Waals surface area contributed by atoms with Crippen LogP contribution in [0.5, 0.6) is 0 Å². The van der Waals surface area contributed by atoms with E-state index in [1.54, 1.807) is 10.9 Å². The quantitative estimate of drug-likeness (QED) is 0.805. The minimum atomic E-state index is -0.129. The van der Waals surface area contributed by atoms with Crippen molar-refractivity contribution in [2.24, 2.45) is 0 Å². The molecule has 1 atom stereocenters. The van der Waals surface area contributed by atoms with Gasteiger partial charge in [0.2, 0.25) is 0 Å². The van der Waals surface area contributed by atoms with Crippen LogP contribution in [0.4, 0.5) is 4.39 Å². The number of halogens is 1. The number of benzene rings is 1. The third-order valence-corrected chi connectivity index (χ3v) is 5.66. The van der Waals surface area contributed by atoms with E-state index in [1.807, 2.05) is 37.4 Å². The number of thiophene rings is 1. The van der Waals surface area contributed by atoms with Crippen LogP contribution in [0.15, 0.2) is 24.3 Å². The van der Waals surface area contributed by atoms with Gasteiger partial charge in [-0.25, -0.2) is 4.39 Å². The third-order valence-electron chi connectivity index (χ3n) is 4.35. The molecule has 1 aromatic carbocycles. The van der Waals surface area contributed by atoms with E-state index in [2.05, 4.69) is 11.4 Å². The summed E-state index contributed by atoms with van der Waals surface area (Å²) < 4.78 is 13.5. The summed E-state index contributed by atoms with van der Waals surface area (Å²) in [5.74, 6) is -0.129. The molecule has 0 bridgehead atoms. The average molecular weight is 303 g/mol. The van der Waals surface area contributed by atoms with Crippen molar-refractivity contribution in [1.82, 2.24) is 5.32 Å². The summed E-state index contributed by atoms with van der Waals surface area (Å²) in [7, 11) is 1.98. The lowest BCUT2D eigenvalue weighted by Gasteiger charge is -2.16. The first-order valence-corrected chi connectivity index (χ1v) is 8.55. The molecule has 0 spiro atoms. The van der Waals surface area contributed by atoms with Gasteiger partial charge < -0.3 is 5.32 Å². The highest BCUT2D eigenvalue weighted by molar-refractivity contribution is 7.12. The molecular formula is C18H22FNS. The molecule has 1 unspecified atom stereocenters. The Labute approximate surface area is 130 Å². The maximum absolute atomic E-state index is 13.5. The predicted octanol–water partition coefficient (Wildman–Crippen LogP) is 4.77. The van der Waals surface area contributed by atoms with Crippen molar-refractivity contribution < 1.29 is 4.39 Å². The van der Waals surface area contributed by atoms with Crippen LogP contribution in [0.1, 0.15) is 51.7 Å². The van der Waals surface area contributed by atoms with Crippen molar-refractivity contribution >= 4 is 11.3 Å². The summed E-state index contributed by atoms with van der Waals surface area (Å²) in [6.45, 7) is 1.83. The molecule has 3 rings (SSSR count). The second-order valence-corrected chi connectivity index (χ2v) is 7.06. The lowest BCUT2D eigenvalue weighted by molar-refractivity contribution is 0.614. The molecule has 1 heterocycles. The van der Waals surface area contributed by atoms with Gasteiger partial charge in [0.25, 0.3) is 0 Å². The van der Waals surface area contributed by atoms with Crippen LogP contribution in [0, 0.1) is 12.7 Å². The van der Waals surface area contributed by atoms with Crippen LogP contribution < -0.4 is 5.32 Å². The highest BCUT2D eigenvalue weighted by Gasteiger charge is 2.19. The van der Waals surface area contributed by atoms with Gasteiger partial charge in [0.05, 0.1) is 6.04 Å². The van der Waals surface area contributed by atoms with Gasteiger partial charge >= 0.3 is 0 Å². The van der Waals surface area contributed by atoms with Crippen molar-refractivity contribution in [3.05, 3.63) is 56.5 Å². The van der Waals surface area contributed by atoms with E-state index >= 15 is 0 Å². The maximum atomic E-state index is 13.5.